The number of hydrogen-bond donors (Lipinski definition) is 3. The second-order valence-corrected chi connectivity index (χ2v) is 6.40. The van der Waals surface area contributed by atoms with Gasteiger partial charge in [0.2, 0.25) is 5.91 Å². The fourth-order valence-corrected chi connectivity index (χ4v) is 3.11. The molecule has 146 valence electrons. The van der Waals surface area contributed by atoms with Crippen LogP contribution in [0, 0.1) is 0 Å². The molecule has 0 aliphatic carbocycles. The minimum Gasteiger partial charge on any atom is -0.497 e. The van der Waals surface area contributed by atoms with Gasteiger partial charge in [-0.25, -0.2) is 0 Å². The van der Waals surface area contributed by atoms with Gasteiger partial charge in [-0.15, -0.1) is 0 Å². The third-order valence-electron chi connectivity index (χ3n) is 4.55. The van der Waals surface area contributed by atoms with Gasteiger partial charge < -0.3 is 29.3 Å². The molecule has 2 aromatic carbocycles. The average Bonchev–Trinajstić information content (AvgIpc) is 3.10. The Morgan fingerprint density at radius 3 is 2.64 bits per heavy atom. The predicted molar refractivity (Wildman–Crippen MR) is 105 cm³/mol. The van der Waals surface area contributed by atoms with Crippen LogP contribution in [-0.4, -0.2) is 43.2 Å². The largest absolute Gasteiger partial charge is 0.497 e. The van der Waals surface area contributed by atoms with Crippen molar-refractivity contribution in [3.8, 4) is 11.5 Å². The van der Waals surface area contributed by atoms with E-state index in [2.05, 4.69) is 5.32 Å². The summed E-state index contributed by atoms with van der Waals surface area (Å²) in [6.07, 6.45) is 1.79. The smallest absolute Gasteiger partial charge is 0.475 e. The second-order valence-electron chi connectivity index (χ2n) is 6.40. The summed E-state index contributed by atoms with van der Waals surface area (Å²) in [5.74, 6) is -0.0901. The number of ether oxygens (including phenoxy) is 2. The second kappa shape index (κ2) is 8.82. The van der Waals surface area contributed by atoms with Crippen LogP contribution in [0.15, 0.2) is 53.1 Å². The van der Waals surface area contributed by atoms with Crippen molar-refractivity contribution in [3.05, 3.63) is 59.9 Å². The Morgan fingerprint density at radius 2 is 1.93 bits per heavy atom. The van der Waals surface area contributed by atoms with Crippen LogP contribution in [0.5, 0.6) is 11.5 Å². The Kier molecular flexibility index (Phi) is 6.23. The van der Waals surface area contributed by atoms with Gasteiger partial charge in [-0.3, -0.25) is 4.79 Å². The summed E-state index contributed by atoms with van der Waals surface area (Å²) in [5.41, 5.74) is 2.13. The molecule has 1 atom stereocenters. The highest BCUT2D eigenvalue weighted by atomic mass is 16.5. The maximum atomic E-state index is 12.5. The number of methoxy groups -OCH3 is 2. The van der Waals surface area contributed by atoms with Crippen molar-refractivity contribution in [1.29, 1.82) is 0 Å². The molecule has 1 unspecified atom stereocenters. The first-order valence-corrected chi connectivity index (χ1v) is 8.83. The number of rotatable bonds is 8. The highest BCUT2D eigenvalue weighted by Gasteiger charge is 2.27. The maximum absolute atomic E-state index is 12.5. The fraction of sp³-hybridized carbons (Fsp3) is 0.250. The first kappa shape index (κ1) is 19.8. The molecule has 0 bridgehead atoms. The third-order valence-corrected chi connectivity index (χ3v) is 4.55. The molecular formula is C20H22BNO6. The molecule has 1 aromatic heterocycles. The van der Waals surface area contributed by atoms with Gasteiger partial charge in [-0.05, 0) is 36.2 Å². The molecule has 0 saturated carbocycles. The molecule has 8 heteroatoms. The van der Waals surface area contributed by atoms with Gasteiger partial charge in [0.25, 0.3) is 0 Å². The van der Waals surface area contributed by atoms with Crippen LogP contribution in [0.3, 0.4) is 0 Å². The zero-order chi connectivity index (χ0) is 20.1. The highest BCUT2D eigenvalue weighted by Crippen LogP contribution is 2.25. The van der Waals surface area contributed by atoms with Crippen molar-refractivity contribution >= 4 is 24.0 Å². The first-order valence-electron chi connectivity index (χ1n) is 8.83. The zero-order valence-electron chi connectivity index (χ0n) is 15.7. The number of hydrogen-bond acceptors (Lipinski definition) is 6. The van der Waals surface area contributed by atoms with E-state index in [9.17, 15) is 14.8 Å². The first-order chi connectivity index (χ1) is 13.5. The number of amides is 1. The molecule has 0 saturated heterocycles. The molecular weight excluding hydrogens is 361 g/mol. The van der Waals surface area contributed by atoms with Crippen molar-refractivity contribution in [2.75, 3.05) is 14.2 Å². The van der Waals surface area contributed by atoms with Crippen LogP contribution >= 0.6 is 0 Å². The molecule has 28 heavy (non-hydrogen) atoms. The van der Waals surface area contributed by atoms with Gasteiger partial charge in [-0.2, -0.15) is 0 Å². The Hall–Kier alpha value is -2.97. The summed E-state index contributed by atoms with van der Waals surface area (Å²) in [7, 11) is 1.34. The number of carbonyl (C=O) groups is 1. The van der Waals surface area contributed by atoms with Crippen LogP contribution in [0.1, 0.15) is 11.1 Å². The lowest BCUT2D eigenvalue weighted by Gasteiger charge is -2.18. The molecule has 1 heterocycles. The molecule has 0 fully saturated rings. The van der Waals surface area contributed by atoms with Crippen LogP contribution in [0.4, 0.5) is 0 Å². The van der Waals surface area contributed by atoms with Crippen molar-refractivity contribution in [2.45, 2.75) is 18.8 Å². The summed E-state index contributed by atoms with van der Waals surface area (Å²) < 4.78 is 16.0. The summed E-state index contributed by atoms with van der Waals surface area (Å²) in [6, 6.07) is 12.6. The Bertz CT molecular complexity index is 955. The molecule has 3 rings (SSSR count). The monoisotopic (exact) mass is 383 g/mol. The number of nitrogens with one attached hydrogen (secondary N) is 1. The van der Waals surface area contributed by atoms with Crippen molar-refractivity contribution in [1.82, 2.24) is 5.32 Å². The van der Waals surface area contributed by atoms with E-state index in [-0.39, 0.29) is 18.7 Å². The molecule has 7 nitrogen and oxygen atoms in total. The minimum absolute atomic E-state index is 0.00965. The molecule has 0 aliphatic rings. The molecule has 0 radical (unpaired) electrons. The molecule has 0 spiro atoms. The average molecular weight is 383 g/mol. The van der Waals surface area contributed by atoms with Crippen molar-refractivity contribution in [2.24, 2.45) is 0 Å². The summed E-state index contributed by atoms with van der Waals surface area (Å²) in [6.45, 7) is 0. The van der Waals surface area contributed by atoms with Gasteiger partial charge in [0.05, 0.1) is 32.8 Å². The van der Waals surface area contributed by atoms with E-state index >= 15 is 0 Å². The van der Waals surface area contributed by atoms with E-state index in [1.807, 2.05) is 24.3 Å². The number of carbonyl (C=O) groups excluding carboxylic acids is 1. The van der Waals surface area contributed by atoms with E-state index in [4.69, 9.17) is 13.9 Å². The lowest BCUT2D eigenvalue weighted by Crippen LogP contribution is -2.48. The van der Waals surface area contributed by atoms with Crippen LogP contribution < -0.4 is 14.8 Å². The zero-order valence-corrected chi connectivity index (χ0v) is 15.7. The van der Waals surface area contributed by atoms with Crippen LogP contribution in [-0.2, 0) is 17.6 Å². The topological polar surface area (TPSA) is 101 Å². The SMILES string of the molecule is COc1ccc(OC)c(CC(=O)NC(Cc2coc3ccccc23)B(O)O)c1. The molecule has 1 amide bonds. The van der Waals surface area contributed by atoms with Gasteiger partial charge in [0, 0.05) is 10.9 Å². The van der Waals surface area contributed by atoms with Crippen molar-refractivity contribution < 1.29 is 28.7 Å². The number of fused-ring (bicyclic) bond motifs is 1. The lowest BCUT2D eigenvalue weighted by atomic mass is 9.75. The fourth-order valence-electron chi connectivity index (χ4n) is 3.11. The number of benzene rings is 2. The van der Waals surface area contributed by atoms with Gasteiger partial charge in [0.1, 0.15) is 17.1 Å². The standard InChI is InChI=1S/C20H22BNO6/c1-26-15-7-8-17(27-2)13(9-15)11-20(23)22-19(21(24)25)10-14-12-28-18-6-4-3-5-16(14)18/h3-9,12,19,24-25H,10-11H2,1-2H3,(H,22,23). The Labute approximate surface area is 163 Å². The minimum atomic E-state index is -1.72. The molecule has 0 aliphatic heterocycles. The molecule has 3 N–H and O–H groups in total. The van der Waals surface area contributed by atoms with Crippen LogP contribution in [0.25, 0.3) is 11.0 Å². The van der Waals surface area contributed by atoms with Crippen LogP contribution in [0.2, 0.25) is 0 Å². The summed E-state index contributed by atoms with van der Waals surface area (Å²) in [5, 5.41) is 23.0. The van der Waals surface area contributed by atoms with E-state index in [1.54, 1.807) is 31.6 Å². The van der Waals surface area contributed by atoms with Crippen molar-refractivity contribution in [3.63, 3.8) is 0 Å². The quantitative estimate of drug-likeness (QED) is 0.513. The van der Waals surface area contributed by atoms with E-state index in [0.29, 0.717) is 22.6 Å². The van der Waals surface area contributed by atoms with E-state index in [0.717, 1.165) is 10.9 Å². The van der Waals surface area contributed by atoms with E-state index in [1.165, 1.54) is 7.11 Å². The Morgan fingerprint density at radius 1 is 1.14 bits per heavy atom. The lowest BCUT2D eigenvalue weighted by molar-refractivity contribution is -0.120. The van der Waals surface area contributed by atoms with Gasteiger partial charge in [-0.1, -0.05) is 18.2 Å². The normalized spacial score (nSPS) is 11.9. The van der Waals surface area contributed by atoms with E-state index < -0.39 is 13.1 Å². The molecule has 3 aromatic rings. The van der Waals surface area contributed by atoms with Gasteiger partial charge in [0.15, 0.2) is 0 Å². The number of para-hydroxylation sites is 1. The predicted octanol–water partition coefficient (Wildman–Crippen LogP) is 1.73. The number of furan rings is 1. The maximum Gasteiger partial charge on any atom is 0.475 e. The Balaban J connectivity index is 1.73. The third kappa shape index (κ3) is 4.47. The van der Waals surface area contributed by atoms with Gasteiger partial charge >= 0.3 is 7.12 Å². The highest BCUT2D eigenvalue weighted by molar-refractivity contribution is 6.43. The summed E-state index contributed by atoms with van der Waals surface area (Å²) in [4.78, 5) is 12.5. The summed E-state index contributed by atoms with van der Waals surface area (Å²) >= 11 is 0.